The van der Waals surface area contributed by atoms with Crippen LogP contribution in [0.3, 0.4) is 0 Å². The molecule has 0 heterocycles. The van der Waals surface area contributed by atoms with Crippen molar-refractivity contribution in [1.82, 2.24) is 0 Å². The average Bonchev–Trinajstić information content (AvgIpc) is 2.32. The summed E-state index contributed by atoms with van der Waals surface area (Å²) in [6.45, 7) is 1.94. The highest BCUT2D eigenvalue weighted by Crippen LogP contribution is 2.27. The van der Waals surface area contributed by atoms with Crippen LogP contribution in [0, 0.1) is 12.7 Å². The van der Waals surface area contributed by atoms with Crippen molar-refractivity contribution in [3.05, 3.63) is 69.0 Å². The fourth-order valence-corrected chi connectivity index (χ4v) is 2.38. The van der Waals surface area contributed by atoms with Crippen LogP contribution in [0.25, 0.3) is 0 Å². The van der Waals surface area contributed by atoms with Crippen molar-refractivity contribution >= 4 is 23.2 Å². The zero-order valence-electron chi connectivity index (χ0n) is 10.3. The number of aliphatic hydroxyl groups is 1. The van der Waals surface area contributed by atoms with Crippen LogP contribution in [0.2, 0.25) is 10.0 Å². The summed E-state index contributed by atoms with van der Waals surface area (Å²) in [5.74, 6) is -0.511. The average molecular weight is 299 g/mol. The van der Waals surface area contributed by atoms with Crippen molar-refractivity contribution in [3.8, 4) is 0 Å². The lowest BCUT2D eigenvalue weighted by molar-refractivity contribution is 0.173. The van der Waals surface area contributed by atoms with Gasteiger partial charge in [0, 0.05) is 22.0 Å². The van der Waals surface area contributed by atoms with E-state index in [1.54, 1.807) is 6.07 Å². The highest BCUT2D eigenvalue weighted by Gasteiger charge is 2.15. The third-order valence-corrected chi connectivity index (χ3v) is 3.53. The first-order chi connectivity index (χ1) is 8.97. The summed E-state index contributed by atoms with van der Waals surface area (Å²) < 4.78 is 13.7. The largest absolute Gasteiger partial charge is 0.388 e. The van der Waals surface area contributed by atoms with Crippen molar-refractivity contribution in [1.29, 1.82) is 0 Å². The van der Waals surface area contributed by atoms with E-state index >= 15 is 0 Å². The Hall–Kier alpha value is -1.09. The van der Waals surface area contributed by atoms with Gasteiger partial charge in [-0.05, 0) is 36.2 Å². The molecule has 1 nitrogen and oxygen atoms in total. The molecule has 0 aliphatic carbocycles. The molecule has 0 saturated carbocycles. The minimum absolute atomic E-state index is 0.223. The summed E-state index contributed by atoms with van der Waals surface area (Å²) in [7, 11) is 0. The second-order valence-electron chi connectivity index (χ2n) is 4.48. The van der Waals surface area contributed by atoms with Crippen LogP contribution in [0.5, 0.6) is 0 Å². The number of aryl methyl sites for hydroxylation is 1. The maximum Gasteiger partial charge on any atom is 0.130 e. The lowest BCUT2D eigenvalue weighted by Gasteiger charge is -2.13. The molecule has 2 rings (SSSR count). The topological polar surface area (TPSA) is 20.2 Å². The Labute approximate surface area is 121 Å². The van der Waals surface area contributed by atoms with E-state index in [0.29, 0.717) is 10.0 Å². The maximum absolute atomic E-state index is 13.7. The third-order valence-electron chi connectivity index (χ3n) is 2.94. The Kier molecular flexibility index (Phi) is 4.46. The van der Waals surface area contributed by atoms with Gasteiger partial charge >= 0.3 is 0 Å². The molecule has 0 aliphatic heterocycles. The summed E-state index contributed by atoms with van der Waals surface area (Å²) in [4.78, 5) is 0. The maximum atomic E-state index is 13.7. The molecule has 0 aliphatic rings. The number of halogens is 3. The van der Waals surface area contributed by atoms with Gasteiger partial charge in [-0.3, -0.25) is 0 Å². The molecule has 0 radical (unpaired) electrons. The lowest BCUT2D eigenvalue weighted by atomic mass is 10.00. The van der Waals surface area contributed by atoms with Crippen LogP contribution in [0.1, 0.15) is 22.8 Å². The van der Waals surface area contributed by atoms with Crippen LogP contribution in [0.15, 0.2) is 36.4 Å². The molecule has 4 heteroatoms. The van der Waals surface area contributed by atoms with Crippen molar-refractivity contribution in [2.45, 2.75) is 19.4 Å². The van der Waals surface area contributed by atoms with E-state index in [9.17, 15) is 9.50 Å². The molecular formula is C15H13Cl2FO. The second kappa shape index (κ2) is 5.91. The predicted molar refractivity (Wildman–Crippen MR) is 76.3 cm³/mol. The second-order valence-corrected chi connectivity index (χ2v) is 5.32. The van der Waals surface area contributed by atoms with Gasteiger partial charge in [-0.1, -0.05) is 41.4 Å². The van der Waals surface area contributed by atoms with Crippen molar-refractivity contribution in [2.75, 3.05) is 0 Å². The molecule has 0 fully saturated rings. The van der Waals surface area contributed by atoms with Crippen LogP contribution < -0.4 is 0 Å². The van der Waals surface area contributed by atoms with Gasteiger partial charge in [-0.15, -0.1) is 0 Å². The van der Waals surface area contributed by atoms with Crippen LogP contribution >= 0.6 is 23.2 Å². The lowest BCUT2D eigenvalue weighted by Crippen LogP contribution is -2.05. The highest BCUT2D eigenvalue weighted by atomic mass is 35.5. The van der Waals surface area contributed by atoms with E-state index in [-0.39, 0.29) is 12.0 Å². The van der Waals surface area contributed by atoms with Crippen molar-refractivity contribution in [2.24, 2.45) is 0 Å². The molecule has 0 saturated heterocycles. The first-order valence-corrected chi connectivity index (χ1v) is 6.61. The van der Waals surface area contributed by atoms with Gasteiger partial charge in [-0.2, -0.15) is 0 Å². The van der Waals surface area contributed by atoms with Gasteiger partial charge < -0.3 is 5.11 Å². The summed E-state index contributed by atoms with van der Waals surface area (Å²) in [6.07, 6.45) is -0.685. The molecule has 19 heavy (non-hydrogen) atoms. The summed E-state index contributed by atoms with van der Waals surface area (Å²) in [5, 5.41) is 11.0. The van der Waals surface area contributed by atoms with Crippen LogP contribution in [-0.4, -0.2) is 5.11 Å². The van der Waals surface area contributed by atoms with Gasteiger partial charge in [-0.25, -0.2) is 4.39 Å². The number of hydrogen-bond donors (Lipinski definition) is 1. The van der Waals surface area contributed by atoms with Gasteiger partial charge in [0.05, 0.1) is 6.10 Å². The third kappa shape index (κ3) is 3.47. The van der Waals surface area contributed by atoms with Crippen molar-refractivity contribution < 1.29 is 9.50 Å². The minimum atomic E-state index is -0.947. The Morgan fingerprint density at radius 3 is 2.53 bits per heavy atom. The fourth-order valence-electron chi connectivity index (χ4n) is 1.91. The van der Waals surface area contributed by atoms with Gasteiger partial charge in [0.2, 0.25) is 0 Å². The van der Waals surface area contributed by atoms with E-state index in [1.807, 2.05) is 25.1 Å². The van der Waals surface area contributed by atoms with Crippen molar-refractivity contribution in [3.63, 3.8) is 0 Å². The first-order valence-electron chi connectivity index (χ1n) is 5.85. The Morgan fingerprint density at radius 2 is 1.89 bits per heavy atom. The SMILES string of the molecule is Cc1ccc(CC(O)c2ccc(Cl)cc2F)c(Cl)c1. The Morgan fingerprint density at radius 1 is 1.16 bits per heavy atom. The predicted octanol–water partition coefficient (Wildman–Crippen LogP) is 4.72. The van der Waals surface area contributed by atoms with E-state index in [2.05, 4.69) is 0 Å². The molecular weight excluding hydrogens is 286 g/mol. The summed E-state index contributed by atoms with van der Waals surface area (Å²) in [5.41, 5.74) is 2.05. The van der Waals surface area contributed by atoms with E-state index in [0.717, 1.165) is 11.1 Å². The normalized spacial score (nSPS) is 12.5. The zero-order valence-corrected chi connectivity index (χ0v) is 11.8. The standard InChI is InChI=1S/C15H13Cl2FO/c1-9-2-3-10(13(17)6-9)7-15(19)12-5-4-11(16)8-14(12)18/h2-6,8,15,19H,7H2,1H3. The van der Waals surface area contributed by atoms with Crippen LogP contribution in [-0.2, 0) is 6.42 Å². The number of rotatable bonds is 3. The molecule has 1 N–H and O–H groups in total. The molecule has 0 aromatic heterocycles. The molecule has 0 bridgehead atoms. The monoisotopic (exact) mass is 298 g/mol. The van der Waals surface area contributed by atoms with E-state index in [4.69, 9.17) is 23.2 Å². The first kappa shape index (κ1) is 14.3. The molecule has 1 atom stereocenters. The Balaban J connectivity index is 2.23. The van der Waals surface area contributed by atoms with Gasteiger partial charge in [0.15, 0.2) is 0 Å². The number of hydrogen-bond acceptors (Lipinski definition) is 1. The summed E-state index contributed by atoms with van der Waals surface area (Å²) in [6, 6.07) is 9.81. The van der Waals surface area contributed by atoms with Gasteiger partial charge in [0.1, 0.15) is 5.82 Å². The highest BCUT2D eigenvalue weighted by molar-refractivity contribution is 6.31. The number of benzene rings is 2. The molecule has 100 valence electrons. The minimum Gasteiger partial charge on any atom is -0.388 e. The molecule has 0 spiro atoms. The van der Waals surface area contributed by atoms with Gasteiger partial charge in [0.25, 0.3) is 0 Å². The van der Waals surface area contributed by atoms with Crippen LogP contribution in [0.4, 0.5) is 4.39 Å². The quantitative estimate of drug-likeness (QED) is 0.869. The number of aliphatic hydroxyl groups excluding tert-OH is 1. The fraction of sp³-hybridized carbons (Fsp3) is 0.200. The molecule has 2 aromatic rings. The summed E-state index contributed by atoms with van der Waals surface area (Å²) >= 11 is 11.8. The molecule has 2 aromatic carbocycles. The Bertz CT molecular complexity index is 599. The van der Waals surface area contributed by atoms with E-state index < -0.39 is 11.9 Å². The molecule has 0 amide bonds. The zero-order chi connectivity index (χ0) is 14.0. The smallest absolute Gasteiger partial charge is 0.130 e. The molecule has 1 unspecified atom stereocenters. The van der Waals surface area contributed by atoms with E-state index in [1.165, 1.54) is 12.1 Å².